The molecule has 1 atom stereocenters. The van der Waals surface area contributed by atoms with Gasteiger partial charge in [-0.2, -0.15) is 0 Å². The summed E-state index contributed by atoms with van der Waals surface area (Å²) in [6.07, 6.45) is 0.181. The number of hydrogen-bond acceptors (Lipinski definition) is 8. The molecule has 0 heterocycles. The zero-order valence-electron chi connectivity index (χ0n) is 16.4. The number of carboxylic acid groups (broad SMARTS) is 1. The number of ether oxygens (including phenoxy) is 3. The topological polar surface area (TPSA) is 119 Å². The SMILES string of the molecule is C=C(C)C(=O)OCCOC(=O)c1cc(C(=O)[O-])ccc1C(=O)OC(C)CC.[K+]. The van der Waals surface area contributed by atoms with Gasteiger partial charge in [-0.1, -0.05) is 19.6 Å². The van der Waals surface area contributed by atoms with E-state index in [4.69, 9.17) is 14.2 Å². The molecule has 0 radical (unpaired) electrons. The van der Waals surface area contributed by atoms with Crippen LogP contribution in [0.3, 0.4) is 0 Å². The largest absolute Gasteiger partial charge is 1.00 e. The maximum atomic E-state index is 12.3. The normalized spacial score (nSPS) is 10.8. The van der Waals surface area contributed by atoms with Crippen LogP contribution in [0.5, 0.6) is 0 Å². The van der Waals surface area contributed by atoms with Crippen LogP contribution in [0.25, 0.3) is 0 Å². The Hall–Kier alpha value is -1.52. The molecule has 0 saturated carbocycles. The average Bonchev–Trinajstić information content (AvgIpc) is 2.63. The molecule has 1 rings (SSSR count). The molecular weight excluding hydrogens is 395 g/mol. The summed E-state index contributed by atoms with van der Waals surface area (Å²) < 4.78 is 14.9. The summed E-state index contributed by atoms with van der Waals surface area (Å²) in [6, 6.07) is 3.27. The smallest absolute Gasteiger partial charge is 0.545 e. The number of carboxylic acids is 1. The van der Waals surface area contributed by atoms with Crippen molar-refractivity contribution in [2.75, 3.05) is 13.2 Å². The summed E-state index contributed by atoms with van der Waals surface area (Å²) in [7, 11) is 0. The Balaban J connectivity index is 0.00000729. The van der Waals surface area contributed by atoms with Crippen molar-refractivity contribution in [2.45, 2.75) is 33.3 Å². The Labute approximate surface area is 205 Å². The second-order valence-corrected chi connectivity index (χ2v) is 5.72. The van der Waals surface area contributed by atoms with Crippen molar-refractivity contribution in [3.63, 3.8) is 0 Å². The maximum absolute atomic E-state index is 12.3. The quantitative estimate of drug-likeness (QED) is 0.153. The van der Waals surface area contributed by atoms with Crippen LogP contribution in [0, 0.1) is 0 Å². The van der Waals surface area contributed by atoms with Crippen molar-refractivity contribution in [2.24, 2.45) is 0 Å². The third-order valence-corrected chi connectivity index (χ3v) is 3.48. The Bertz CT molecular complexity index is 756. The second kappa shape index (κ2) is 12.8. The van der Waals surface area contributed by atoms with E-state index in [0.29, 0.717) is 6.42 Å². The Morgan fingerprint density at radius 1 is 1.07 bits per heavy atom. The van der Waals surface area contributed by atoms with Crippen LogP contribution in [0.15, 0.2) is 30.4 Å². The van der Waals surface area contributed by atoms with E-state index in [1.165, 1.54) is 6.92 Å². The van der Waals surface area contributed by atoms with Gasteiger partial charge in [-0.05, 0) is 38.0 Å². The number of carbonyl (C=O) groups is 4. The van der Waals surface area contributed by atoms with E-state index in [-0.39, 0.29) is 93.0 Å². The fourth-order valence-electron chi connectivity index (χ4n) is 1.82. The minimum Gasteiger partial charge on any atom is -0.545 e. The zero-order chi connectivity index (χ0) is 20.6. The molecule has 28 heavy (non-hydrogen) atoms. The first kappa shape index (κ1) is 26.5. The van der Waals surface area contributed by atoms with Gasteiger partial charge >= 0.3 is 69.3 Å². The third-order valence-electron chi connectivity index (χ3n) is 3.48. The molecule has 0 bridgehead atoms. The number of carbonyl (C=O) groups excluding carboxylic acids is 4. The summed E-state index contributed by atoms with van der Waals surface area (Å²) in [5.41, 5.74) is -0.519. The molecule has 1 unspecified atom stereocenters. The molecule has 0 spiro atoms. The minimum atomic E-state index is -1.51. The molecule has 9 heteroatoms. The Kier molecular flexibility index (Phi) is 12.1. The zero-order valence-corrected chi connectivity index (χ0v) is 19.5. The predicted molar refractivity (Wildman–Crippen MR) is 92.0 cm³/mol. The molecule has 146 valence electrons. The van der Waals surface area contributed by atoms with Gasteiger partial charge in [0.05, 0.1) is 23.2 Å². The molecule has 0 aliphatic heterocycles. The number of benzene rings is 1. The van der Waals surface area contributed by atoms with Crippen molar-refractivity contribution >= 4 is 23.9 Å². The Morgan fingerprint density at radius 2 is 1.68 bits per heavy atom. The molecule has 0 saturated heterocycles. The van der Waals surface area contributed by atoms with E-state index in [0.717, 1.165) is 18.2 Å². The van der Waals surface area contributed by atoms with Crippen LogP contribution >= 0.6 is 0 Å². The summed E-state index contributed by atoms with van der Waals surface area (Å²) in [5, 5.41) is 11.0. The minimum absolute atomic E-state index is 0. The molecule has 8 nitrogen and oxygen atoms in total. The van der Waals surface area contributed by atoms with Gasteiger partial charge in [0.2, 0.25) is 0 Å². The molecule has 1 aromatic carbocycles. The molecule has 0 aliphatic carbocycles. The molecule has 0 aliphatic rings. The standard InChI is InChI=1S/C19H22O8.K/c1-5-12(4)27-19(24)14-7-6-13(16(20)21)10-15(14)18(23)26-9-8-25-17(22)11(2)3;/h6-7,10,12H,2,5,8-9H2,1,3-4H3,(H,20,21);/q;+1/p-1. The van der Waals surface area contributed by atoms with E-state index >= 15 is 0 Å². The van der Waals surface area contributed by atoms with E-state index < -0.39 is 23.9 Å². The van der Waals surface area contributed by atoms with Crippen LogP contribution in [-0.2, 0) is 19.0 Å². The average molecular weight is 416 g/mol. The molecule has 0 amide bonds. The first-order valence-corrected chi connectivity index (χ1v) is 8.23. The van der Waals surface area contributed by atoms with Crippen LogP contribution in [0.1, 0.15) is 58.3 Å². The summed E-state index contributed by atoms with van der Waals surface area (Å²) in [5.74, 6) is -3.89. The molecule has 1 aromatic rings. The van der Waals surface area contributed by atoms with Crippen molar-refractivity contribution in [1.29, 1.82) is 0 Å². The first-order valence-electron chi connectivity index (χ1n) is 8.23. The van der Waals surface area contributed by atoms with Crippen LogP contribution < -0.4 is 56.5 Å². The molecular formula is C19H21KO8. The Morgan fingerprint density at radius 3 is 2.21 bits per heavy atom. The van der Waals surface area contributed by atoms with Gasteiger partial charge in [0, 0.05) is 5.57 Å². The molecule has 0 aromatic heterocycles. The monoisotopic (exact) mass is 416 g/mol. The molecule has 0 N–H and O–H groups in total. The van der Waals surface area contributed by atoms with Gasteiger partial charge < -0.3 is 24.1 Å². The van der Waals surface area contributed by atoms with Crippen molar-refractivity contribution in [3.8, 4) is 0 Å². The predicted octanol–water partition coefficient (Wildman–Crippen LogP) is -1.71. The maximum Gasteiger partial charge on any atom is 1.00 e. The van der Waals surface area contributed by atoms with Crippen LogP contribution in [0.4, 0.5) is 0 Å². The third kappa shape index (κ3) is 8.23. The fourth-order valence-corrected chi connectivity index (χ4v) is 1.82. The first-order chi connectivity index (χ1) is 12.7. The van der Waals surface area contributed by atoms with Gasteiger partial charge in [-0.15, -0.1) is 0 Å². The van der Waals surface area contributed by atoms with Gasteiger partial charge in [0.1, 0.15) is 13.2 Å². The van der Waals surface area contributed by atoms with E-state index in [2.05, 4.69) is 6.58 Å². The van der Waals surface area contributed by atoms with Crippen molar-refractivity contribution in [1.82, 2.24) is 0 Å². The summed E-state index contributed by atoms with van der Waals surface area (Å²) >= 11 is 0. The second-order valence-electron chi connectivity index (χ2n) is 5.72. The summed E-state index contributed by atoms with van der Waals surface area (Å²) in [4.78, 5) is 46.8. The van der Waals surface area contributed by atoms with Crippen LogP contribution in [0.2, 0.25) is 0 Å². The van der Waals surface area contributed by atoms with E-state index in [1.807, 2.05) is 6.92 Å². The molecule has 0 fully saturated rings. The van der Waals surface area contributed by atoms with E-state index in [9.17, 15) is 24.3 Å². The van der Waals surface area contributed by atoms with Gasteiger partial charge in [-0.3, -0.25) is 0 Å². The number of esters is 3. The van der Waals surface area contributed by atoms with Gasteiger partial charge in [0.25, 0.3) is 0 Å². The fraction of sp³-hybridized carbons (Fsp3) is 0.368. The number of rotatable bonds is 9. The van der Waals surface area contributed by atoms with Gasteiger partial charge in [-0.25, -0.2) is 14.4 Å². The number of hydrogen-bond donors (Lipinski definition) is 0. The van der Waals surface area contributed by atoms with Gasteiger partial charge in [0.15, 0.2) is 0 Å². The van der Waals surface area contributed by atoms with Crippen LogP contribution in [-0.4, -0.2) is 43.2 Å². The van der Waals surface area contributed by atoms with E-state index in [1.54, 1.807) is 6.92 Å². The van der Waals surface area contributed by atoms with Crippen molar-refractivity contribution < 1.29 is 89.9 Å². The van der Waals surface area contributed by atoms with Crippen molar-refractivity contribution in [3.05, 3.63) is 47.0 Å². The summed E-state index contributed by atoms with van der Waals surface area (Å²) in [6.45, 7) is 7.87. The number of aromatic carboxylic acids is 1.